The van der Waals surface area contributed by atoms with Crippen LogP contribution >= 0.6 is 0 Å². The van der Waals surface area contributed by atoms with E-state index in [0.29, 0.717) is 59.6 Å². The fourth-order valence-corrected chi connectivity index (χ4v) is 5.28. The second kappa shape index (κ2) is 7.27. The molecule has 0 amide bonds. The number of halogens is 1. The van der Waals surface area contributed by atoms with Crippen molar-refractivity contribution in [1.82, 2.24) is 4.57 Å². The zero-order chi connectivity index (χ0) is 20.8. The number of aromatic nitrogens is 1. The summed E-state index contributed by atoms with van der Waals surface area (Å²) in [6, 6.07) is 9.30. The van der Waals surface area contributed by atoms with Crippen LogP contribution < -0.4 is 5.73 Å². The van der Waals surface area contributed by atoms with Crippen molar-refractivity contribution in [3.63, 3.8) is 0 Å². The number of anilines is 1. The molecule has 0 spiro atoms. The Balaban J connectivity index is 2.16. The molecule has 1 fully saturated rings. The number of nitrogens with two attached hydrogens (primary N) is 1. The lowest BCUT2D eigenvalue weighted by atomic mass is 9.96. The van der Waals surface area contributed by atoms with Crippen molar-refractivity contribution in [3.05, 3.63) is 53.5 Å². The van der Waals surface area contributed by atoms with Gasteiger partial charge in [0.25, 0.3) is 0 Å². The van der Waals surface area contributed by atoms with Crippen molar-refractivity contribution in [2.75, 3.05) is 25.2 Å². The zero-order valence-corrected chi connectivity index (χ0v) is 16.8. The third-order valence-corrected chi connectivity index (χ3v) is 6.55. The predicted octanol–water partition coefficient (Wildman–Crippen LogP) is 3.65. The molecule has 1 aromatic heterocycles. The molecule has 2 aromatic carbocycles. The maximum Gasteiger partial charge on any atom is 0.177 e. The van der Waals surface area contributed by atoms with E-state index in [0.717, 1.165) is 6.21 Å². The summed E-state index contributed by atoms with van der Waals surface area (Å²) in [5, 5.41) is 8.16. The van der Waals surface area contributed by atoms with Crippen LogP contribution in [0.1, 0.15) is 30.0 Å². The van der Waals surface area contributed by atoms with Gasteiger partial charge in [-0.05, 0) is 49.2 Å². The summed E-state index contributed by atoms with van der Waals surface area (Å²) in [4.78, 5) is 0.243. The summed E-state index contributed by atoms with van der Waals surface area (Å²) in [6.45, 7) is 1.10. The van der Waals surface area contributed by atoms with Gasteiger partial charge in [-0.1, -0.05) is 0 Å². The molecule has 0 saturated carbocycles. The minimum absolute atomic E-state index is 0.0319. The smallest absolute Gasteiger partial charge is 0.177 e. The van der Waals surface area contributed by atoms with Crippen LogP contribution in [-0.4, -0.2) is 38.7 Å². The largest absolute Gasteiger partial charge is 0.398 e. The molecular formula is C21H22FN3O3S. The first-order valence-electron chi connectivity index (χ1n) is 9.33. The normalized spacial score (nSPS) is 15.7. The molecular weight excluding hydrogens is 393 g/mol. The molecule has 0 atom stereocenters. The van der Waals surface area contributed by atoms with Gasteiger partial charge in [0.1, 0.15) is 5.82 Å². The minimum atomic E-state index is -3.59. The molecule has 2 heterocycles. The maximum absolute atomic E-state index is 13.6. The van der Waals surface area contributed by atoms with Gasteiger partial charge in [0.05, 0.1) is 10.4 Å². The maximum atomic E-state index is 13.6. The van der Waals surface area contributed by atoms with Crippen molar-refractivity contribution < 1.29 is 17.5 Å². The summed E-state index contributed by atoms with van der Waals surface area (Å²) in [5.74, 6) is -0.402. The molecule has 0 bridgehead atoms. The van der Waals surface area contributed by atoms with Gasteiger partial charge in [0.15, 0.2) is 9.84 Å². The van der Waals surface area contributed by atoms with Crippen LogP contribution in [0.5, 0.6) is 0 Å². The number of rotatable bonds is 4. The highest BCUT2D eigenvalue weighted by molar-refractivity contribution is 7.91. The molecule has 6 nitrogen and oxygen atoms in total. The number of benzene rings is 2. The number of sulfone groups is 1. The third-order valence-electron chi connectivity index (χ3n) is 5.38. The van der Waals surface area contributed by atoms with Crippen LogP contribution in [0.3, 0.4) is 0 Å². The van der Waals surface area contributed by atoms with E-state index in [1.165, 1.54) is 18.4 Å². The number of fused-ring (bicyclic) bond motifs is 1. The number of nitrogens with one attached hydrogen (secondary N) is 1. The van der Waals surface area contributed by atoms with Gasteiger partial charge >= 0.3 is 0 Å². The molecule has 1 saturated heterocycles. The van der Waals surface area contributed by atoms with E-state index in [1.807, 2.05) is 4.57 Å². The van der Waals surface area contributed by atoms with Crippen LogP contribution in [0.25, 0.3) is 16.6 Å². The highest BCUT2D eigenvalue weighted by atomic mass is 32.2. The van der Waals surface area contributed by atoms with Gasteiger partial charge in [0, 0.05) is 59.6 Å². The van der Waals surface area contributed by atoms with Crippen molar-refractivity contribution in [2.45, 2.75) is 23.7 Å². The summed E-state index contributed by atoms with van der Waals surface area (Å²) in [5.41, 5.74) is 8.87. The highest BCUT2D eigenvalue weighted by Crippen LogP contribution is 2.41. The molecule has 0 unspecified atom stereocenters. The number of hydrogen-bond acceptors (Lipinski definition) is 5. The molecule has 1 aliphatic heterocycles. The Labute approximate surface area is 168 Å². The molecule has 4 rings (SSSR count). The minimum Gasteiger partial charge on any atom is -0.398 e. The van der Waals surface area contributed by atoms with E-state index < -0.39 is 9.84 Å². The van der Waals surface area contributed by atoms with E-state index in [1.54, 1.807) is 24.3 Å². The van der Waals surface area contributed by atoms with E-state index in [9.17, 15) is 12.8 Å². The van der Waals surface area contributed by atoms with Crippen LogP contribution in [0, 0.1) is 11.2 Å². The summed E-state index contributed by atoms with van der Waals surface area (Å²) >= 11 is 0. The Kier molecular flexibility index (Phi) is 4.92. The van der Waals surface area contributed by atoms with E-state index in [4.69, 9.17) is 15.9 Å². The van der Waals surface area contributed by atoms with Crippen molar-refractivity contribution in [3.8, 4) is 5.69 Å². The Morgan fingerprint density at radius 1 is 1.21 bits per heavy atom. The first-order chi connectivity index (χ1) is 13.8. The molecule has 8 heteroatoms. The SMILES string of the molecule is CS(=O)(=O)c1c(C2CCOCC2)n(-c2ccc(F)cc2)c2cc(C=N)c(N)cc12. The molecule has 0 aliphatic carbocycles. The third kappa shape index (κ3) is 3.42. The number of nitrogen functional groups attached to an aromatic ring is 1. The van der Waals surface area contributed by atoms with Crippen LogP contribution in [0.4, 0.5) is 10.1 Å². The second-order valence-corrected chi connectivity index (χ2v) is 9.28. The van der Waals surface area contributed by atoms with Gasteiger partial charge < -0.3 is 20.4 Å². The number of hydrogen-bond donors (Lipinski definition) is 2. The van der Waals surface area contributed by atoms with E-state index in [-0.39, 0.29) is 16.6 Å². The lowest BCUT2D eigenvalue weighted by molar-refractivity contribution is 0.0837. The fraction of sp³-hybridized carbons (Fsp3) is 0.286. The molecule has 152 valence electrons. The van der Waals surface area contributed by atoms with Gasteiger partial charge in [0.2, 0.25) is 0 Å². The molecule has 1 aliphatic rings. The second-order valence-electron chi connectivity index (χ2n) is 7.33. The Bertz CT molecular complexity index is 1190. The lowest BCUT2D eigenvalue weighted by Crippen LogP contribution is -2.19. The van der Waals surface area contributed by atoms with Crippen molar-refractivity contribution >= 4 is 32.6 Å². The summed E-state index contributed by atoms with van der Waals surface area (Å²) in [6.07, 6.45) is 3.71. The molecule has 3 N–H and O–H groups in total. The Morgan fingerprint density at radius 3 is 2.45 bits per heavy atom. The molecule has 0 radical (unpaired) electrons. The van der Waals surface area contributed by atoms with Gasteiger partial charge in [-0.15, -0.1) is 0 Å². The van der Waals surface area contributed by atoms with Crippen LogP contribution in [0.15, 0.2) is 41.3 Å². The van der Waals surface area contributed by atoms with Crippen molar-refractivity contribution in [2.24, 2.45) is 0 Å². The fourth-order valence-electron chi connectivity index (χ4n) is 4.08. The molecule has 3 aromatic rings. The zero-order valence-electron chi connectivity index (χ0n) is 16.0. The van der Waals surface area contributed by atoms with Gasteiger partial charge in [-0.3, -0.25) is 0 Å². The quantitative estimate of drug-likeness (QED) is 0.502. The van der Waals surface area contributed by atoms with Crippen LogP contribution in [0.2, 0.25) is 0 Å². The lowest BCUT2D eigenvalue weighted by Gasteiger charge is -2.25. The topological polar surface area (TPSA) is 98.2 Å². The van der Waals surface area contributed by atoms with Crippen molar-refractivity contribution in [1.29, 1.82) is 5.41 Å². The number of ether oxygens (including phenoxy) is 1. The van der Waals surface area contributed by atoms with Gasteiger partial charge in [-0.2, -0.15) is 0 Å². The summed E-state index contributed by atoms with van der Waals surface area (Å²) in [7, 11) is -3.59. The van der Waals surface area contributed by atoms with Gasteiger partial charge in [-0.25, -0.2) is 12.8 Å². The monoisotopic (exact) mass is 415 g/mol. The number of nitrogens with zero attached hydrogens (tertiary/aromatic N) is 1. The first-order valence-corrected chi connectivity index (χ1v) is 11.2. The van der Waals surface area contributed by atoms with E-state index >= 15 is 0 Å². The van der Waals surface area contributed by atoms with Crippen LogP contribution in [-0.2, 0) is 14.6 Å². The molecule has 29 heavy (non-hydrogen) atoms. The summed E-state index contributed by atoms with van der Waals surface area (Å²) < 4.78 is 46.7. The Morgan fingerprint density at radius 2 is 1.86 bits per heavy atom. The first kappa shape index (κ1) is 19.6. The average molecular weight is 415 g/mol. The standard InChI is InChI=1S/C21H22FN3O3S/c1-29(26,27)21-17-11-18(24)14(12-23)10-19(17)25(16-4-2-15(22)3-5-16)20(21)13-6-8-28-9-7-13/h2-5,10-13,23H,6-9,24H2,1H3. The predicted molar refractivity (Wildman–Crippen MR) is 111 cm³/mol. The van der Waals surface area contributed by atoms with E-state index in [2.05, 4.69) is 0 Å². The highest BCUT2D eigenvalue weighted by Gasteiger charge is 2.31. The average Bonchev–Trinajstić information content (AvgIpc) is 3.03. The Hall–Kier alpha value is -2.71.